The van der Waals surface area contributed by atoms with Crippen molar-refractivity contribution in [2.24, 2.45) is 0 Å². The summed E-state index contributed by atoms with van der Waals surface area (Å²) in [6, 6.07) is 0. The molecule has 1 atom stereocenters. The molecule has 0 rings (SSSR count). The molecule has 1 amide bonds. The Morgan fingerprint density at radius 3 is 2.29 bits per heavy atom. The van der Waals surface area contributed by atoms with Crippen molar-refractivity contribution in [3.05, 3.63) is 0 Å². The number of ether oxygens (including phenoxy) is 1. The van der Waals surface area contributed by atoms with Crippen molar-refractivity contribution in [3.8, 4) is 0 Å². The number of amides is 1. The highest BCUT2D eigenvalue weighted by Gasteiger charge is 2.04. The molecule has 0 aromatic rings. The number of rotatable bonds is 2. The second kappa shape index (κ2) is 2.58. The maximum absolute atomic E-state index is 9.92. The summed E-state index contributed by atoms with van der Waals surface area (Å²) in [4.78, 5) is 9.92. The molecule has 0 saturated carbocycles. The van der Waals surface area contributed by atoms with Gasteiger partial charge in [0.1, 0.15) is 6.10 Å². The Kier molecular flexibility index (Phi) is 2.37. The van der Waals surface area contributed by atoms with Crippen LogP contribution in [0.25, 0.3) is 0 Å². The monoisotopic (exact) mass is 102 g/mol. The molecule has 0 heterocycles. The minimum absolute atomic E-state index is 0.569. The molecule has 0 aromatic carbocycles. The summed E-state index contributed by atoms with van der Waals surface area (Å²) < 4.78 is 4.47. The van der Waals surface area contributed by atoms with Gasteiger partial charge in [0, 0.05) is 7.11 Å². The second-order valence-electron chi connectivity index (χ2n) is 1.24. The average Bonchev–Trinajstić information content (AvgIpc) is 1.65. The molecule has 3 nitrogen and oxygen atoms in total. The Bertz CT molecular complexity index is 72.1. The predicted molar refractivity (Wildman–Crippen MR) is 24.6 cm³/mol. The highest BCUT2D eigenvalue weighted by atomic mass is 16.5. The lowest BCUT2D eigenvalue weighted by molar-refractivity contribution is -0.127. The van der Waals surface area contributed by atoms with E-state index in [9.17, 15) is 4.79 Å². The van der Waals surface area contributed by atoms with Crippen LogP contribution in [-0.2, 0) is 9.53 Å². The molecule has 0 fully saturated rings. The van der Waals surface area contributed by atoms with Crippen molar-refractivity contribution in [1.29, 1.82) is 0 Å². The highest BCUT2D eigenvalue weighted by molar-refractivity contribution is 5.77. The zero-order valence-corrected chi connectivity index (χ0v) is 4.39. The fourth-order valence-corrected chi connectivity index (χ4v) is 0.107. The summed E-state index contributed by atoms with van der Waals surface area (Å²) in [5, 5.41) is 0. The summed E-state index contributed by atoms with van der Waals surface area (Å²) in [6.07, 6.45) is -0.569. The van der Waals surface area contributed by atoms with Crippen molar-refractivity contribution in [2.75, 3.05) is 7.11 Å². The smallest absolute Gasteiger partial charge is 0.267 e. The van der Waals surface area contributed by atoms with E-state index in [1.54, 1.807) is 0 Å². The van der Waals surface area contributed by atoms with Crippen LogP contribution in [0.5, 0.6) is 0 Å². The van der Waals surface area contributed by atoms with Gasteiger partial charge in [0.15, 0.2) is 0 Å². The lowest BCUT2D eigenvalue weighted by Gasteiger charge is -1.99. The highest BCUT2D eigenvalue weighted by Crippen LogP contribution is 1.82. The number of hydrogen-bond donors (Lipinski definition) is 0. The van der Waals surface area contributed by atoms with Crippen LogP contribution in [0, 0.1) is 0 Å². The van der Waals surface area contributed by atoms with Gasteiger partial charge in [0.2, 0.25) is 0 Å². The number of hydrogen-bond acceptors (Lipinski definition) is 2. The first-order valence-corrected chi connectivity index (χ1v) is 1.96. The van der Waals surface area contributed by atoms with Gasteiger partial charge in [0.25, 0.3) is 5.91 Å². The van der Waals surface area contributed by atoms with Gasteiger partial charge in [-0.2, -0.15) is 0 Å². The summed E-state index contributed by atoms with van der Waals surface area (Å²) in [7, 11) is 1.40. The molecule has 0 aliphatic heterocycles. The summed E-state index contributed by atoms with van der Waals surface area (Å²) in [5.41, 5.74) is 6.42. The molecule has 0 saturated heterocycles. The van der Waals surface area contributed by atoms with E-state index in [0.717, 1.165) is 0 Å². The maximum Gasteiger partial charge on any atom is 0.267 e. The Morgan fingerprint density at radius 1 is 1.86 bits per heavy atom. The van der Waals surface area contributed by atoms with Crippen molar-refractivity contribution in [2.45, 2.75) is 13.0 Å². The molecule has 1 radical (unpaired) electrons. The van der Waals surface area contributed by atoms with E-state index in [4.69, 9.17) is 5.73 Å². The van der Waals surface area contributed by atoms with E-state index in [-0.39, 0.29) is 0 Å². The van der Waals surface area contributed by atoms with Crippen LogP contribution in [0.4, 0.5) is 0 Å². The van der Waals surface area contributed by atoms with E-state index < -0.39 is 12.0 Å². The van der Waals surface area contributed by atoms with Gasteiger partial charge in [0.05, 0.1) is 0 Å². The fraction of sp³-hybridized carbons (Fsp3) is 0.750. The van der Waals surface area contributed by atoms with Crippen LogP contribution in [-0.4, -0.2) is 19.1 Å². The number of carbonyl (C=O) groups is 1. The molecule has 0 aliphatic rings. The third-order valence-electron chi connectivity index (χ3n) is 0.723. The van der Waals surface area contributed by atoms with Crippen LogP contribution in [0.1, 0.15) is 6.92 Å². The van der Waals surface area contributed by atoms with Gasteiger partial charge in [-0.3, -0.25) is 10.5 Å². The molecule has 0 unspecified atom stereocenters. The quantitative estimate of drug-likeness (QED) is 0.486. The fourth-order valence-electron chi connectivity index (χ4n) is 0.107. The molecule has 0 bridgehead atoms. The minimum atomic E-state index is -0.678. The van der Waals surface area contributed by atoms with E-state index in [1.165, 1.54) is 14.0 Å². The first-order valence-electron chi connectivity index (χ1n) is 1.96. The van der Waals surface area contributed by atoms with Crippen LogP contribution in [0.3, 0.4) is 0 Å². The van der Waals surface area contributed by atoms with Crippen LogP contribution in [0.15, 0.2) is 0 Å². The predicted octanol–water partition coefficient (Wildman–Crippen LogP) is -0.169. The van der Waals surface area contributed by atoms with Gasteiger partial charge in [-0.15, -0.1) is 0 Å². The van der Waals surface area contributed by atoms with E-state index in [2.05, 4.69) is 4.74 Å². The normalized spacial score (nSPS) is 13.4. The van der Waals surface area contributed by atoms with Crippen molar-refractivity contribution < 1.29 is 9.53 Å². The molecule has 3 heteroatoms. The van der Waals surface area contributed by atoms with Crippen LogP contribution < -0.4 is 5.73 Å². The first-order chi connectivity index (χ1) is 3.18. The number of methoxy groups -OCH3 is 1. The topological polar surface area (TPSA) is 50.1 Å². The number of carbonyl (C=O) groups excluding carboxylic acids is 1. The lowest BCUT2D eigenvalue weighted by Crippen LogP contribution is -2.18. The third-order valence-corrected chi connectivity index (χ3v) is 0.723. The second-order valence-corrected chi connectivity index (χ2v) is 1.24. The van der Waals surface area contributed by atoms with Crippen molar-refractivity contribution in [1.82, 2.24) is 5.73 Å². The zero-order chi connectivity index (χ0) is 5.86. The summed E-state index contributed by atoms with van der Waals surface area (Å²) in [6.45, 7) is 1.54. The SMILES string of the molecule is CO[C@@H](C)C([NH])=O. The maximum atomic E-state index is 9.92. The Hall–Kier alpha value is -0.570. The van der Waals surface area contributed by atoms with E-state index in [1.807, 2.05) is 0 Å². The van der Waals surface area contributed by atoms with Gasteiger partial charge in [-0.25, -0.2) is 0 Å². The Labute approximate surface area is 42.4 Å². The Morgan fingerprint density at radius 2 is 2.29 bits per heavy atom. The van der Waals surface area contributed by atoms with Crippen molar-refractivity contribution >= 4 is 5.91 Å². The van der Waals surface area contributed by atoms with Gasteiger partial charge < -0.3 is 4.74 Å². The molecule has 1 N–H and O–H groups in total. The van der Waals surface area contributed by atoms with Gasteiger partial charge in [-0.05, 0) is 6.92 Å². The zero-order valence-electron chi connectivity index (χ0n) is 4.39. The van der Waals surface area contributed by atoms with Crippen LogP contribution in [0.2, 0.25) is 0 Å². The van der Waals surface area contributed by atoms with Gasteiger partial charge >= 0.3 is 0 Å². The van der Waals surface area contributed by atoms with E-state index >= 15 is 0 Å². The Balaban J connectivity index is 3.34. The first kappa shape index (κ1) is 6.43. The molecule has 0 aromatic heterocycles. The minimum Gasteiger partial charge on any atom is -0.372 e. The molecule has 0 aliphatic carbocycles. The standard InChI is InChI=1S/C4H8NO2/c1-3(7-2)4(5)6/h3,5H,1-2H3/t3-/m0/s1. The molecular formula is C4H8NO2. The number of nitrogens with one attached hydrogen (secondary N) is 1. The van der Waals surface area contributed by atoms with Gasteiger partial charge in [-0.1, -0.05) is 0 Å². The van der Waals surface area contributed by atoms with Crippen molar-refractivity contribution in [3.63, 3.8) is 0 Å². The van der Waals surface area contributed by atoms with E-state index in [0.29, 0.717) is 0 Å². The summed E-state index contributed by atoms with van der Waals surface area (Å²) in [5.74, 6) is -0.678. The molecule has 41 valence electrons. The molecular weight excluding hydrogens is 94.0 g/mol. The van der Waals surface area contributed by atoms with Crippen LogP contribution >= 0.6 is 0 Å². The molecule has 7 heavy (non-hydrogen) atoms. The average molecular weight is 102 g/mol. The third kappa shape index (κ3) is 2.17. The lowest BCUT2D eigenvalue weighted by atomic mass is 10.4. The largest absolute Gasteiger partial charge is 0.372 e. The molecule has 0 spiro atoms. The summed E-state index contributed by atoms with van der Waals surface area (Å²) >= 11 is 0.